The van der Waals surface area contributed by atoms with Gasteiger partial charge in [0.05, 0.1) is 35.9 Å². The van der Waals surface area contributed by atoms with Crippen LogP contribution in [0, 0.1) is 0 Å². The van der Waals surface area contributed by atoms with Crippen molar-refractivity contribution in [3.63, 3.8) is 0 Å². The van der Waals surface area contributed by atoms with E-state index in [0.717, 1.165) is 18.4 Å². The van der Waals surface area contributed by atoms with E-state index in [1.807, 2.05) is 6.07 Å². The van der Waals surface area contributed by atoms with Crippen LogP contribution in [-0.2, 0) is 0 Å². The van der Waals surface area contributed by atoms with E-state index in [1.165, 1.54) is 16.8 Å². The number of methoxy groups -OCH3 is 1. The molecule has 1 N–H and O–H groups in total. The van der Waals surface area contributed by atoms with Crippen molar-refractivity contribution in [2.75, 3.05) is 13.7 Å². The maximum Gasteiger partial charge on any atom is 0.279 e. The molecule has 0 atom stereocenters. The molecule has 0 spiro atoms. The molecule has 1 heterocycles. The van der Waals surface area contributed by atoms with Crippen LogP contribution in [0.25, 0.3) is 18.3 Å². The van der Waals surface area contributed by atoms with Crippen molar-refractivity contribution in [2.45, 2.75) is 19.8 Å². The summed E-state index contributed by atoms with van der Waals surface area (Å²) in [4.78, 5) is 24.0. The lowest BCUT2D eigenvalue weighted by Crippen LogP contribution is -2.34. The Kier molecular flexibility index (Phi) is 6.41. The zero-order valence-electron chi connectivity index (χ0n) is 16.9. The summed E-state index contributed by atoms with van der Waals surface area (Å²) >= 11 is 0. The van der Waals surface area contributed by atoms with Gasteiger partial charge in [0.15, 0.2) is 11.5 Å². The van der Waals surface area contributed by atoms with Gasteiger partial charge in [0.2, 0.25) is 0 Å². The first-order valence-corrected chi connectivity index (χ1v) is 9.59. The fourth-order valence-electron chi connectivity index (χ4n) is 2.98. The van der Waals surface area contributed by atoms with Crippen LogP contribution in [0.15, 0.2) is 47.3 Å². The first-order valence-electron chi connectivity index (χ1n) is 9.59. The van der Waals surface area contributed by atoms with E-state index in [0.29, 0.717) is 34.4 Å². The minimum atomic E-state index is -1.31. The van der Waals surface area contributed by atoms with E-state index < -0.39 is 5.97 Å². The molecule has 0 aliphatic rings. The predicted molar refractivity (Wildman–Crippen MR) is 112 cm³/mol. The van der Waals surface area contributed by atoms with Crippen LogP contribution in [0.1, 0.15) is 35.7 Å². The highest BCUT2D eigenvalue weighted by atomic mass is 16.5. The largest absolute Gasteiger partial charge is 0.545 e. The Morgan fingerprint density at radius 2 is 2.03 bits per heavy atom. The van der Waals surface area contributed by atoms with Crippen LogP contribution in [0.3, 0.4) is 0 Å². The fraction of sp³-hybridized carbons (Fsp3) is 0.217. The quantitative estimate of drug-likeness (QED) is 0.561. The lowest BCUT2D eigenvalue weighted by molar-refractivity contribution is -0.255. The van der Waals surface area contributed by atoms with Crippen LogP contribution in [0.5, 0.6) is 11.5 Å². The number of carbonyl (C=O) groups excluding carboxylic acids is 1. The van der Waals surface area contributed by atoms with Gasteiger partial charge in [0, 0.05) is 0 Å². The molecule has 3 rings (SSSR count). The molecule has 0 bridgehead atoms. The standard InChI is InChI=1S/C23H24N2O5/c1-4-5-11-30-20-10-9-16(13-21(20)29-3)12-19-15(2)24-25(22(19)26)18-8-6-7-17(14-18)23(27)28/h6-10,12-14,24H,2,4-5,11H2,1,3H3,(H,27,28)/p-1/b19-12-. The Morgan fingerprint density at radius 3 is 2.73 bits per heavy atom. The van der Waals surface area contributed by atoms with E-state index in [9.17, 15) is 14.7 Å². The van der Waals surface area contributed by atoms with Gasteiger partial charge in [-0.2, -0.15) is 0 Å². The summed E-state index contributed by atoms with van der Waals surface area (Å²) in [7, 11) is 1.56. The topological polar surface area (TPSA) is 96.4 Å². The molecule has 7 nitrogen and oxygen atoms in total. The minimum absolute atomic E-state index is 0.0199. The number of hydrogen-bond acceptors (Lipinski definition) is 5. The Bertz CT molecular complexity index is 1220. The second kappa shape index (κ2) is 9.17. The summed E-state index contributed by atoms with van der Waals surface area (Å²) in [6, 6.07) is 11.4. The number of ether oxygens (including phenoxy) is 2. The van der Waals surface area contributed by atoms with E-state index >= 15 is 0 Å². The molecule has 0 radical (unpaired) electrons. The Hall–Kier alpha value is -3.74. The van der Waals surface area contributed by atoms with Crippen LogP contribution in [-0.4, -0.2) is 29.5 Å². The van der Waals surface area contributed by atoms with Gasteiger partial charge >= 0.3 is 0 Å². The van der Waals surface area contributed by atoms with Gasteiger partial charge in [-0.25, -0.2) is 4.68 Å². The Labute approximate surface area is 173 Å². The lowest BCUT2D eigenvalue weighted by Gasteiger charge is -2.10. The molecule has 7 heteroatoms. The van der Waals surface area contributed by atoms with Crippen molar-refractivity contribution in [1.29, 1.82) is 0 Å². The van der Waals surface area contributed by atoms with Crippen molar-refractivity contribution in [2.24, 2.45) is 0 Å². The van der Waals surface area contributed by atoms with Crippen LogP contribution < -0.4 is 30.7 Å². The molecule has 0 fully saturated rings. The number of aromatic amines is 1. The fourth-order valence-corrected chi connectivity index (χ4v) is 2.98. The number of aromatic carboxylic acids is 1. The highest BCUT2D eigenvalue weighted by molar-refractivity contribution is 5.86. The smallest absolute Gasteiger partial charge is 0.279 e. The lowest BCUT2D eigenvalue weighted by atomic mass is 10.1. The number of carboxylic acid groups (broad SMARTS) is 1. The van der Waals surface area contributed by atoms with Crippen LogP contribution in [0.4, 0.5) is 0 Å². The predicted octanol–water partition coefficient (Wildman–Crippen LogP) is 0.956. The third-order valence-electron chi connectivity index (χ3n) is 4.60. The van der Waals surface area contributed by atoms with Gasteiger partial charge in [-0.05, 0) is 47.9 Å². The van der Waals surface area contributed by atoms with Crippen molar-refractivity contribution in [3.05, 3.63) is 74.5 Å². The molecular formula is C23H23N2O5-. The van der Waals surface area contributed by atoms with Gasteiger partial charge in [-0.3, -0.25) is 9.89 Å². The van der Waals surface area contributed by atoms with Crippen molar-refractivity contribution < 1.29 is 19.4 Å². The first kappa shape index (κ1) is 21.0. The van der Waals surface area contributed by atoms with E-state index in [4.69, 9.17) is 9.47 Å². The third-order valence-corrected chi connectivity index (χ3v) is 4.60. The molecule has 0 aliphatic carbocycles. The third kappa shape index (κ3) is 4.46. The maximum absolute atomic E-state index is 12.9. The highest BCUT2D eigenvalue weighted by Crippen LogP contribution is 2.28. The number of hydrogen-bond donors (Lipinski definition) is 1. The van der Waals surface area contributed by atoms with E-state index in [1.54, 1.807) is 37.5 Å². The number of unbranched alkanes of at least 4 members (excludes halogenated alkanes) is 1. The first-order chi connectivity index (χ1) is 14.4. The number of nitrogens with one attached hydrogen (secondary N) is 1. The zero-order valence-corrected chi connectivity index (χ0v) is 16.9. The normalized spacial score (nSPS) is 11.5. The molecule has 1 aromatic heterocycles. The Balaban J connectivity index is 2.01. The summed E-state index contributed by atoms with van der Waals surface area (Å²) in [5, 5.41) is 14.7. The summed E-state index contributed by atoms with van der Waals surface area (Å²) in [6.07, 6.45) is 3.68. The second-order valence-corrected chi connectivity index (χ2v) is 6.74. The second-order valence-electron chi connectivity index (χ2n) is 6.74. The van der Waals surface area contributed by atoms with Crippen molar-refractivity contribution >= 4 is 18.6 Å². The monoisotopic (exact) mass is 407 g/mol. The molecule has 0 saturated heterocycles. The molecule has 0 amide bonds. The van der Waals surface area contributed by atoms with Crippen molar-refractivity contribution in [3.8, 4) is 17.2 Å². The van der Waals surface area contributed by atoms with E-state index in [-0.39, 0.29) is 11.1 Å². The van der Waals surface area contributed by atoms with Crippen LogP contribution in [0.2, 0.25) is 0 Å². The molecule has 0 aliphatic heterocycles. The molecule has 2 aromatic carbocycles. The van der Waals surface area contributed by atoms with Crippen molar-refractivity contribution in [1.82, 2.24) is 9.78 Å². The molecule has 0 saturated carbocycles. The average molecular weight is 407 g/mol. The summed E-state index contributed by atoms with van der Waals surface area (Å²) in [5.41, 5.74) is 0.751. The van der Waals surface area contributed by atoms with E-state index in [2.05, 4.69) is 18.6 Å². The van der Waals surface area contributed by atoms with Crippen LogP contribution >= 0.6 is 0 Å². The number of nitrogens with zero attached hydrogens (tertiary/aromatic N) is 1. The van der Waals surface area contributed by atoms with Gasteiger partial charge in [0.25, 0.3) is 5.56 Å². The molecule has 30 heavy (non-hydrogen) atoms. The summed E-state index contributed by atoms with van der Waals surface area (Å²) in [5.74, 6) is -0.0991. The molecule has 0 unspecified atom stereocenters. The van der Waals surface area contributed by atoms with Gasteiger partial charge in [0.1, 0.15) is 0 Å². The van der Waals surface area contributed by atoms with Gasteiger partial charge < -0.3 is 19.4 Å². The highest BCUT2D eigenvalue weighted by Gasteiger charge is 2.08. The summed E-state index contributed by atoms with van der Waals surface area (Å²) < 4.78 is 12.4. The number of rotatable bonds is 8. The zero-order chi connectivity index (χ0) is 21.7. The number of benzene rings is 2. The number of H-pyrrole nitrogens is 1. The number of carboxylic acids is 1. The number of carbonyl (C=O) groups is 1. The molecular weight excluding hydrogens is 384 g/mol. The maximum atomic E-state index is 12.9. The SMILES string of the molecule is C=c1[nH]n(-c2cccc(C(=O)[O-])c2)c(=O)/c1=C\c1ccc(OCCCC)c(OC)c1. The number of aromatic nitrogens is 2. The Morgan fingerprint density at radius 1 is 1.23 bits per heavy atom. The average Bonchev–Trinajstić information content (AvgIpc) is 3.03. The minimum Gasteiger partial charge on any atom is -0.545 e. The molecule has 3 aromatic rings. The van der Waals surface area contributed by atoms with Gasteiger partial charge in [-0.1, -0.05) is 38.1 Å². The van der Waals surface area contributed by atoms with Gasteiger partial charge in [-0.15, -0.1) is 0 Å². The molecule has 156 valence electrons. The summed E-state index contributed by atoms with van der Waals surface area (Å²) in [6.45, 7) is 6.59.